The molecule has 2 saturated heterocycles. The number of piperidine rings is 1. The largest absolute Gasteiger partial charge is 0.416 e. The van der Waals surface area contributed by atoms with Crippen LogP contribution >= 0.6 is 0 Å². The Morgan fingerprint density at radius 2 is 1.81 bits per heavy atom. The van der Waals surface area contributed by atoms with Crippen LogP contribution in [0.25, 0.3) is 5.69 Å². The maximum atomic E-state index is 13.0. The first-order valence-corrected chi connectivity index (χ1v) is 12.1. The van der Waals surface area contributed by atoms with E-state index in [2.05, 4.69) is 35.7 Å². The molecule has 2 N–H and O–H groups in total. The summed E-state index contributed by atoms with van der Waals surface area (Å²) in [6.45, 7) is 5.43. The molecule has 2 amide bonds. The number of morpholine rings is 1. The number of amides is 2. The van der Waals surface area contributed by atoms with E-state index in [1.165, 1.54) is 18.3 Å². The fourth-order valence-corrected chi connectivity index (χ4v) is 4.60. The summed E-state index contributed by atoms with van der Waals surface area (Å²) >= 11 is 0. The highest BCUT2D eigenvalue weighted by molar-refractivity contribution is 5.99. The lowest BCUT2D eigenvalue weighted by molar-refractivity contribution is -0.137. The second kappa shape index (κ2) is 10.7. The van der Waals surface area contributed by atoms with E-state index in [9.17, 15) is 18.0 Å². The van der Waals surface area contributed by atoms with Gasteiger partial charge in [0.05, 0.1) is 42.5 Å². The molecule has 0 aliphatic carbocycles. The Hall–Kier alpha value is -3.71. The summed E-state index contributed by atoms with van der Waals surface area (Å²) in [6, 6.07) is 8.32. The van der Waals surface area contributed by atoms with Crippen LogP contribution in [0.1, 0.15) is 18.4 Å². The van der Waals surface area contributed by atoms with Crippen molar-refractivity contribution in [3.63, 3.8) is 0 Å². The van der Waals surface area contributed by atoms with E-state index in [0.717, 1.165) is 74.9 Å². The third-order valence-electron chi connectivity index (χ3n) is 6.53. The van der Waals surface area contributed by atoms with Gasteiger partial charge in [-0.3, -0.25) is 10.2 Å². The molecule has 0 spiro atoms. The molecule has 0 atom stereocenters. The molecule has 37 heavy (non-hydrogen) atoms. The van der Waals surface area contributed by atoms with E-state index in [1.54, 1.807) is 12.3 Å². The van der Waals surface area contributed by atoms with Crippen molar-refractivity contribution in [3.8, 4) is 5.69 Å². The van der Waals surface area contributed by atoms with Crippen LogP contribution in [-0.4, -0.2) is 76.3 Å². The Bertz CT molecular complexity index is 1200. The monoisotopic (exact) mass is 516 g/mol. The Labute approximate surface area is 211 Å². The Morgan fingerprint density at radius 3 is 2.51 bits per heavy atom. The quantitative estimate of drug-likeness (QED) is 0.534. The first-order valence-electron chi connectivity index (χ1n) is 12.1. The van der Waals surface area contributed by atoms with Crippen molar-refractivity contribution >= 4 is 23.4 Å². The van der Waals surface area contributed by atoms with Crippen molar-refractivity contribution in [2.75, 3.05) is 54.9 Å². The smallest absolute Gasteiger partial charge is 0.379 e. The summed E-state index contributed by atoms with van der Waals surface area (Å²) in [5, 5.41) is 12.8. The minimum Gasteiger partial charge on any atom is -0.379 e. The summed E-state index contributed by atoms with van der Waals surface area (Å²) < 4.78 is 45.5. The number of rotatable bonds is 5. The van der Waals surface area contributed by atoms with Crippen LogP contribution in [0.3, 0.4) is 0 Å². The van der Waals surface area contributed by atoms with Crippen LogP contribution in [0.2, 0.25) is 0 Å². The second-order valence-corrected chi connectivity index (χ2v) is 8.95. The number of ether oxygens (including phenoxy) is 1. The molecule has 3 aromatic rings. The Morgan fingerprint density at radius 1 is 1.03 bits per heavy atom. The molecule has 0 saturated carbocycles. The number of hydrogen-bond donors (Lipinski definition) is 2. The molecular formula is C24H27F3N8O2. The number of nitrogens with zero attached hydrogens (tertiary/aromatic N) is 6. The molecule has 2 aliphatic heterocycles. The number of alkyl halides is 3. The molecule has 1 aromatic carbocycles. The molecular weight excluding hydrogens is 489 g/mol. The predicted octanol–water partition coefficient (Wildman–Crippen LogP) is 3.63. The molecule has 2 aromatic heterocycles. The summed E-state index contributed by atoms with van der Waals surface area (Å²) in [6.07, 6.45) is 0.594. The molecule has 10 nitrogen and oxygen atoms in total. The van der Waals surface area contributed by atoms with Crippen LogP contribution in [0.15, 0.2) is 48.8 Å². The first kappa shape index (κ1) is 25.0. The van der Waals surface area contributed by atoms with Crippen molar-refractivity contribution < 1.29 is 22.7 Å². The van der Waals surface area contributed by atoms with Crippen molar-refractivity contribution in [2.45, 2.75) is 25.1 Å². The van der Waals surface area contributed by atoms with Crippen molar-refractivity contribution in [1.82, 2.24) is 24.9 Å². The standard InChI is InChI=1S/C24H27F3N8O2/c25-24(26,27)17-2-1-3-20(14-17)35-16-21(31-32-35)30-23(36)29-18-4-5-22(28-15-18)34-8-6-19(7-9-34)33-10-12-37-13-11-33/h1-5,14-16,19H,6-13H2,(H2,29,30,36). The fourth-order valence-electron chi connectivity index (χ4n) is 4.60. The number of nitrogens with one attached hydrogen (secondary N) is 2. The summed E-state index contributed by atoms with van der Waals surface area (Å²) in [5.74, 6) is 0.943. The Kier molecular flexibility index (Phi) is 7.24. The van der Waals surface area contributed by atoms with Gasteiger partial charge < -0.3 is 15.0 Å². The lowest BCUT2D eigenvalue weighted by atomic mass is 10.0. The highest BCUT2D eigenvalue weighted by atomic mass is 19.4. The topological polar surface area (TPSA) is 100 Å². The van der Waals surface area contributed by atoms with Crippen LogP contribution in [0.4, 0.5) is 35.3 Å². The van der Waals surface area contributed by atoms with E-state index in [1.807, 2.05) is 6.07 Å². The fraction of sp³-hybridized carbons (Fsp3) is 0.417. The third kappa shape index (κ3) is 6.17. The molecule has 0 unspecified atom stereocenters. The third-order valence-corrected chi connectivity index (χ3v) is 6.53. The van der Waals surface area contributed by atoms with Crippen molar-refractivity contribution in [2.24, 2.45) is 0 Å². The number of benzene rings is 1. The lowest BCUT2D eigenvalue weighted by Crippen LogP contribution is -2.49. The number of carbonyl (C=O) groups excluding carboxylic acids is 1. The number of pyridine rings is 1. The van der Waals surface area contributed by atoms with Gasteiger partial charge in [-0.2, -0.15) is 13.2 Å². The maximum absolute atomic E-state index is 13.0. The minimum atomic E-state index is -4.47. The number of hydrogen-bond acceptors (Lipinski definition) is 7. The minimum absolute atomic E-state index is 0.0858. The van der Waals surface area contributed by atoms with Gasteiger partial charge in [-0.05, 0) is 43.2 Å². The summed E-state index contributed by atoms with van der Waals surface area (Å²) in [4.78, 5) is 21.6. The van der Waals surface area contributed by atoms with E-state index >= 15 is 0 Å². The number of urea groups is 1. The molecule has 2 aliphatic rings. The average molecular weight is 517 g/mol. The van der Waals surface area contributed by atoms with Crippen LogP contribution in [-0.2, 0) is 10.9 Å². The summed E-state index contributed by atoms with van der Waals surface area (Å²) in [5.41, 5.74) is -0.135. The normalized spacial score (nSPS) is 17.5. The second-order valence-electron chi connectivity index (χ2n) is 8.95. The zero-order valence-electron chi connectivity index (χ0n) is 20.0. The van der Waals surface area contributed by atoms with Gasteiger partial charge in [0.1, 0.15) is 5.82 Å². The average Bonchev–Trinajstić information content (AvgIpc) is 3.38. The highest BCUT2D eigenvalue weighted by Gasteiger charge is 2.30. The van der Waals surface area contributed by atoms with Gasteiger partial charge in [0.2, 0.25) is 0 Å². The highest BCUT2D eigenvalue weighted by Crippen LogP contribution is 2.30. The molecule has 4 heterocycles. The van der Waals surface area contributed by atoms with Crippen LogP contribution in [0.5, 0.6) is 0 Å². The number of anilines is 3. The molecule has 196 valence electrons. The van der Waals surface area contributed by atoms with Gasteiger partial charge >= 0.3 is 12.2 Å². The van der Waals surface area contributed by atoms with E-state index in [4.69, 9.17) is 4.74 Å². The number of halogens is 3. The van der Waals surface area contributed by atoms with Gasteiger partial charge in [-0.15, -0.1) is 5.10 Å². The van der Waals surface area contributed by atoms with Gasteiger partial charge in [0.15, 0.2) is 5.82 Å². The molecule has 2 fully saturated rings. The Balaban J connectivity index is 1.13. The molecule has 0 radical (unpaired) electrons. The summed E-state index contributed by atoms with van der Waals surface area (Å²) in [7, 11) is 0. The molecule has 5 rings (SSSR count). The number of aromatic nitrogens is 4. The SMILES string of the molecule is O=C(Nc1ccc(N2CCC(N3CCOCC3)CC2)nc1)Nc1cn(-c2cccc(C(F)(F)F)c2)nn1. The maximum Gasteiger partial charge on any atom is 0.416 e. The van der Waals surface area contributed by atoms with Crippen molar-refractivity contribution in [1.29, 1.82) is 0 Å². The van der Waals surface area contributed by atoms with Crippen molar-refractivity contribution in [3.05, 3.63) is 54.4 Å². The first-order chi connectivity index (χ1) is 17.8. The molecule has 13 heteroatoms. The van der Waals surface area contributed by atoms with Crippen LogP contribution in [0, 0.1) is 0 Å². The van der Waals surface area contributed by atoms with Gasteiger partial charge in [-0.25, -0.2) is 14.5 Å². The number of carbonyl (C=O) groups is 1. The zero-order valence-corrected chi connectivity index (χ0v) is 20.0. The van der Waals surface area contributed by atoms with Gasteiger partial charge in [-0.1, -0.05) is 11.3 Å². The predicted molar refractivity (Wildman–Crippen MR) is 131 cm³/mol. The van der Waals surface area contributed by atoms with Crippen LogP contribution < -0.4 is 15.5 Å². The van der Waals surface area contributed by atoms with Gasteiger partial charge in [0.25, 0.3) is 0 Å². The van der Waals surface area contributed by atoms with E-state index < -0.39 is 17.8 Å². The zero-order chi connectivity index (χ0) is 25.8. The molecule has 0 bridgehead atoms. The lowest BCUT2D eigenvalue weighted by Gasteiger charge is -2.40. The van der Waals surface area contributed by atoms with E-state index in [-0.39, 0.29) is 11.5 Å². The van der Waals surface area contributed by atoms with E-state index in [0.29, 0.717) is 11.7 Å². The van der Waals surface area contributed by atoms with Gasteiger partial charge in [0, 0.05) is 32.2 Å².